The molecule has 0 saturated heterocycles. The first kappa shape index (κ1) is 18.0. The van der Waals surface area contributed by atoms with Crippen LogP contribution in [-0.2, 0) is 14.8 Å². The summed E-state index contributed by atoms with van der Waals surface area (Å²) in [7, 11) is -2.85. The monoisotopic (exact) mass is 422 g/mol. The minimum atomic E-state index is -4.05. The average Bonchev–Trinajstić information content (AvgIpc) is 3.01. The number of aromatic nitrogens is 2. The summed E-state index contributed by atoms with van der Waals surface area (Å²) in [5.74, 6) is -1.27. The number of fused-ring (bicyclic) bond motifs is 3. The zero-order valence-corrected chi connectivity index (χ0v) is 16.1. The van der Waals surface area contributed by atoms with Crippen LogP contribution < -0.4 is 5.32 Å². The van der Waals surface area contributed by atoms with Gasteiger partial charge in [0.15, 0.2) is 11.9 Å². The molecular weight excluding hydrogens is 412 g/mol. The number of hydrogen-bond donors (Lipinski definition) is 1. The van der Waals surface area contributed by atoms with Crippen molar-refractivity contribution in [3.8, 4) is 0 Å². The minimum absolute atomic E-state index is 0.0182. The molecule has 1 aliphatic heterocycles. The summed E-state index contributed by atoms with van der Waals surface area (Å²) in [5, 5.41) is 3.26. The molecule has 8 nitrogen and oxygen atoms in total. The molecule has 4 rings (SSSR count). The Kier molecular flexibility index (Phi) is 4.22. The average molecular weight is 423 g/mol. The smallest absolute Gasteiger partial charge is 0.252 e. The molecule has 138 valence electrons. The molecule has 0 fully saturated rings. The van der Waals surface area contributed by atoms with Gasteiger partial charge in [-0.25, -0.2) is 13.4 Å². The Morgan fingerprint density at radius 3 is 2.81 bits per heavy atom. The first-order valence-electron chi connectivity index (χ1n) is 7.62. The topological polar surface area (TPSA) is 109 Å². The van der Waals surface area contributed by atoms with Gasteiger partial charge in [-0.05, 0) is 12.1 Å². The Labute approximate surface area is 162 Å². The maximum Gasteiger partial charge on any atom is 0.252 e. The standard InChI is InChI=1S/C16H11ClN4O4S2/c1-21-12(16(23)20-11-7-18-4-5-19-11)13(22)14-15(27(21,24)25)9-3-2-8(17)6-10(9)26-14/h2-7,12H,1H3,(H,19,20,23). The molecule has 0 aliphatic carbocycles. The third-order valence-corrected chi connectivity index (χ3v) is 7.58. The quantitative estimate of drug-likeness (QED) is 0.634. The fourth-order valence-corrected chi connectivity index (χ4v) is 6.27. The molecule has 1 N–H and O–H groups in total. The van der Waals surface area contributed by atoms with E-state index in [2.05, 4.69) is 15.3 Å². The van der Waals surface area contributed by atoms with E-state index in [4.69, 9.17) is 11.6 Å². The molecule has 11 heteroatoms. The number of nitrogens with one attached hydrogen (secondary N) is 1. The van der Waals surface area contributed by atoms with Gasteiger partial charge >= 0.3 is 0 Å². The van der Waals surface area contributed by atoms with Crippen LogP contribution in [0.25, 0.3) is 10.1 Å². The predicted molar refractivity (Wildman–Crippen MR) is 101 cm³/mol. The van der Waals surface area contributed by atoms with Gasteiger partial charge in [-0.15, -0.1) is 11.3 Å². The molecule has 0 spiro atoms. The number of halogens is 1. The summed E-state index contributed by atoms with van der Waals surface area (Å²) in [4.78, 5) is 33.3. The van der Waals surface area contributed by atoms with Crippen molar-refractivity contribution >= 4 is 60.6 Å². The second-order valence-electron chi connectivity index (χ2n) is 5.77. The Morgan fingerprint density at radius 2 is 2.11 bits per heavy atom. The Bertz CT molecular complexity index is 1190. The van der Waals surface area contributed by atoms with Gasteiger partial charge < -0.3 is 5.32 Å². The molecule has 1 amide bonds. The Morgan fingerprint density at radius 1 is 1.33 bits per heavy atom. The lowest BCUT2D eigenvalue weighted by atomic mass is 10.1. The number of carbonyl (C=O) groups is 2. The van der Waals surface area contributed by atoms with Crippen molar-refractivity contribution in [3.05, 3.63) is 46.7 Å². The van der Waals surface area contributed by atoms with Crippen LogP contribution in [0.5, 0.6) is 0 Å². The molecule has 3 heterocycles. The fraction of sp³-hybridized carbons (Fsp3) is 0.125. The van der Waals surface area contributed by atoms with E-state index >= 15 is 0 Å². The fourth-order valence-electron chi connectivity index (χ4n) is 2.88. The normalized spacial score (nSPS) is 19.0. The molecule has 1 unspecified atom stereocenters. The van der Waals surface area contributed by atoms with Crippen LogP contribution in [-0.4, -0.2) is 47.5 Å². The molecule has 0 radical (unpaired) electrons. The molecule has 2 aromatic heterocycles. The number of rotatable bonds is 2. The maximum absolute atomic E-state index is 13.0. The molecule has 1 aromatic carbocycles. The lowest BCUT2D eigenvalue weighted by Gasteiger charge is -2.29. The number of benzene rings is 1. The van der Waals surface area contributed by atoms with Crippen LogP contribution in [0.1, 0.15) is 9.67 Å². The number of thiophene rings is 1. The van der Waals surface area contributed by atoms with Crippen molar-refractivity contribution in [2.75, 3.05) is 12.4 Å². The van der Waals surface area contributed by atoms with Crippen LogP contribution in [0.4, 0.5) is 5.82 Å². The first-order chi connectivity index (χ1) is 12.8. The number of hydrogen-bond acceptors (Lipinski definition) is 7. The van der Waals surface area contributed by atoms with E-state index in [0.29, 0.717) is 15.1 Å². The van der Waals surface area contributed by atoms with E-state index in [1.807, 2.05) is 0 Å². The predicted octanol–water partition coefficient (Wildman–Crippen LogP) is 2.17. The number of sulfonamides is 1. The summed E-state index contributed by atoms with van der Waals surface area (Å²) < 4.78 is 27.4. The molecule has 1 aliphatic rings. The SMILES string of the molecule is CN1C(C(=O)Nc2cnccn2)C(=O)c2sc3cc(Cl)ccc3c2S1(=O)=O. The van der Waals surface area contributed by atoms with E-state index in [1.54, 1.807) is 18.2 Å². The van der Waals surface area contributed by atoms with Crippen LogP contribution >= 0.6 is 22.9 Å². The van der Waals surface area contributed by atoms with Crippen LogP contribution in [0.15, 0.2) is 41.7 Å². The second kappa shape index (κ2) is 6.34. The minimum Gasteiger partial charge on any atom is -0.308 e. The van der Waals surface area contributed by atoms with E-state index < -0.39 is 27.8 Å². The van der Waals surface area contributed by atoms with Crippen molar-refractivity contribution in [1.82, 2.24) is 14.3 Å². The first-order valence-corrected chi connectivity index (χ1v) is 10.3. The van der Waals surface area contributed by atoms with Gasteiger partial charge in [0.25, 0.3) is 5.91 Å². The van der Waals surface area contributed by atoms with Gasteiger partial charge in [0.05, 0.1) is 11.1 Å². The zero-order chi connectivity index (χ0) is 19.3. The summed E-state index contributed by atoms with van der Waals surface area (Å²) in [6, 6.07) is 3.18. The maximum atomic E-state index is 13.0. The molecule has 27 heavy (non-hydrogen) atoms. The highest BCUT2D eigenvalue weighted by atomic mass is 35.5. The summed E-state index contributed by atoms with van der Waals surface area (Å²) >= 11 is 6.98. The second-order valence-corrected chi connectivity index (χ2v) is 9.19. The number of ketones is 1. The van der Waals surface area contributed by atoms with Crippen molar-refractivity contribution in [3.63, 3.8) is 0 Å². The van der Waals surface area contributed by atoms with Gasteiger partial charge in [0, 0.05) is 34.6 Å². The largest absolute Gasteiger partial charge is 0.308 e. The van der Waals surface area contributed by atoms with Crippen molar-refractivity contribution in [2.45, 2.75) is 10.9 Å². The molecule has 1 atom stereocenters. The third-order valence-electron chi connectivity index (χ3n) is 4.14. The van der Waals surface area contributed by atoms with Gasteiger partial charge in [-0.3, -0.25) is 14.6 Å². The van der Waals surface area contributed by atoms with Gasteiger partial charge in [-0.2, -0.15) is 4.31 Å². The van der Waals surface area contributed by atoms with Crippen LogP contribution in [0, 0.1) is 0 Å². The van der Waals surface area contributed by atoms with Gasteiger partial charge in [0.2, 0.25) is 15.8 Å². The van der Waals surface area contributed by atoms with E-state index in [-0.39, 0.29) is 15.6 Å². The number of amides is 1. The number of carbonyl (C=O) groups excluding carboxylic acids is 2. The lowest BCUT2D eigenvalue weighted by molar-refractivity contribution is -0.118. The lowest BCUT2D eigenvalue weighted by Crippen LogP contribution is -2.52. The Hall–Kier alpha value is -2.40. The number of nitrogens with zero attached hydrogens (tertiary/aromatic N) is 3. The zero-order valence-electron chi connectivity index (χ0n) is 13.7. The summed E-state index contributed by atoms with van der Waals surface area (Å²) in [5.41, 5.74) is 0. The highest BCUT2D eigenvalue weighted by Gasteiger charge is 2.47. The third kappa shape index (κ3) is 2.81. The highest BCUT2D eigenvalue weighted by Crippen LogP contribution is 2.41. The number of Topliss-reactive ketones (excluding diaryl/α,β-unsaturated/α-hetero) is 1. The number of anilines is 1. The van der Waals surface area contributed by atoms with Crippen LogP contribution in [0.2, 0.25) is 5.02 Å². The number of likely N-dealkylation sites (N-methyl/N-ethyl adjacent to an activating group) is 1. The van der Waals surface area contributed by atoms with E-state index in [0.717, 1.165) is 15.6 Å². The van der Waals surface area contributed by atoms with E-state index in [1.165, 1.54) is 25.6 Å². The molecular formula is C16H11ClN4O4S2. The Balaban J connectivity index is 1.83. The van der Waals surface area contributed by atoms with Gasteiger partial charge in [-0.1, -0.05) is 17.7 Å². The molecule has 0 saturated carbocycles. The van der Waals surface area contributed by atoms with E-state index in [9.17, 15) is 18.0 Å². The van der Waals surface area contributed by atoms with Crippen molar-refractivity contribution in [2.24, 2.45) is 0 Å². The summed E-state index contributed by atoms with van der Waals surface area (Å²) in [6.45, 7) is 0. The molecule has 3 aromatic rings. The highest BCUT2D eigenvalue weighted by molar-refractivity contribution is 7.89. The molecule has 0 bridgehead atoms. The summed E-state index contributed by atoms with van der Waals surface area (Å²) in [6.07, 6.45) is 4.09. The van der Waals surface area contributed by atoms with Crippen LogP contribution in [0.3, 0.4) is 0 Å². The van der Waals surface area contributed by atoms with Crippen molar-refractivity contribution < 1.29 is 18.0 Å². The van der Waals surface area contributed by atoms with Gasteiger partial charge in [0.1, 0.15) is 4.90 Å². The van der Waals surface area contributed by atoms with Crippen molar-refractivity contribution in [1.29, 1.82) is 0 Å².